The lowest BCUT2D eigenvalue weighted by atomic mass is 9.88. The number of hydrogen-bond acceptors (Lipinski definition) is 3. The van der Waals surface area contributed by atoms with Crippen LogP contribution in [-0.2, 0) is 11.2 Å². The zero-order chi connectivity index (χ0) is 15.9. The van der Waals surface area contributed by atoms with Gasteiger partial charge in [0, 0.05) is 5.02 Å². The van der Waals surface area contributed by atoms with Crippen LogP contribution in [0.5, 0.6) is 0 Å². The highest BCUT2D eigenvalue weighted by Crippen LogP contribution is 2.26. The molecule has 0 fully saturated rings. The number of esters is 1. The van der Waals surface area contributed by atoms with Gasteiger partial charge in [-0.05, 0) is 57.7 Å². The maximum atomic E-state index is 11.9. The van der Waals surface area contributed by atoms with Gasteiger partial charge in [-0.1, -0.05) is 24.1 Å². The maximum absolute atomic E-state index is 11.9. The molecular weight excluding hydrogens is 286 g/mol. The Balaban J connectivity index is 2.70. The van der Waals surface area contributed by atoms with Crippen LogP contribution in [0.4, 0.5) is 0 Å². The summed E-state index contributed by atoms with van der Waals surface area (Å²) in [5, 5.41) is 9.60. The van der Waals surface area contributed by atoms with E-state index in [1.165, 1.54) is 0 Å². The molecule has 0 saturated heterocycles. The fraction of sp³-hybridized carbons (Fsp3) is 0.529. The van der Waals surface area contributed by atoms with E-state index in [1.54, 1.807) is 25.1 Å². The molecule has 1 aromatic carbocycles. The van der Waals surface area contributed by atoms with Gasteiger partial charge in [-0.2, -0.15) is 5.26 Å². The van der Waals surface area contributed by atoms with Gasteiger partial charge in [0.05, 0.1) is 23.7 Å². The van der Waals surface area contributed by atoms with Gasteiger partial charge in [0.15, 0.2) is 0 Å². The quantitative estimate of drug-likeness (QED) is 0.538. The number of unbranched alkanes of at least 4 members (excludes halogenated alkanes) is 1. The summed E-state index contributed by atoms with van der Waals surface area (Å²) >= 11 is 6.21. The van der Waals surface area contributed by atoms with Crippen LogP contribution in [0.25, 0.3) is 0 Å². The van der Waals surface area contributed by atoms with Crippen molar-refractivity contribution in [3.05, 3.63) is 34.3 Å². The van der Waals surface area contributed by atoms with E-state index in [9.17, 15) is 4.79 Å². The lowest BCUT2D eigenvalue weighted by Crippen LogP contribution is -2.10. The molecule has 1 aromatic rings. The number of ether oxygens (including phenoxy) is 1. The molecule has 0 atom stereocenters. The van der Waals surface area contributed by atoms with Crippen LogP contribution < -0.4 is 0 Å². The van der Waals surface area contributed by atoms with E-state index in [2.05, 4.69) is 6.07 Å². The Hall–Kier alpha value is -1.53. The first-order valence-corrected chi connectivity index (χ1v) is 7.65. The van der Waals surface area contributed by atoms with Crippen molar-refractivity contribution in [2.24, 2.45) is 5.41 Å². The summed E-state index contributed by atoms with van der Waals surface area (Å²) in [6, 6.07) is 7.60. The highest BCUT2D eigenvalue weighted by atomic mass is 35.5. The summed E-state index contributed by atoms with van der Waals surface area (Å²) in [7, 11) is 0. The van der Waals surface area contributed by atoms with Crippen molar-refractivity contribution in [1.29, 1.82) is 5.26 Å². The number of benzene rings is 1. The zero-order valence-corrected chi connectivity index (χ0v) is 13.7. The van der Waals surface area contributed by atoms with Crippen LogP contribution in [0.1, 0.15) is 56.0 Å². The second-order valence-electron chi connectivity index (χ2n) is 5.69. The largest absolute Gasteiger partial charge is 0.462 e. The maximum Gasteiger partial charge on any atom is 0.338 e. The van der Waals surface area contributed by atoms with Gasteiger partial charge in [-0.15, -0.1) is 0 Å². The summed E-state index contributed by atoms with van der Waals surface area (Å²) in [5.74, 6) is -0.327. The molecule has 0 aliphatic rings. The highest BCUT2D eigenvalue weighted by Gasteiger charge is 2.17. The number of hydrogen-bond donors (Lipinski definition) is 0. The molecule has 1 rings (SSSR count). The van der Waals surface area contributed by atoms with Gasteiger partial charge in [0.25, 0.3) is 0 Å². The van der Waals surface area contributed by atoms with E-state index in [-0.39, 0.29) is 11.4 Å². The van der Waals surface area contributed by atoms with Crippen LogP contribution >= 0.6 is 11.6 Å². The number of halogens is 1. The van der Waals surface area contributed by atoms with Crippen LogP contribution in [0.15, 0.2) is 18.2 Å². The molecule has 21 heavy (non-hydrogen) atoms. The number of carbonyl (C=O) groups is 1. The molecule has 0 saturated carbocycles. The third-order valence-electron chi connectivity index (χ3n) is 3.40. The van der Waals surface area contributed by atoms with E-state index in [4.69, 9.17) is 21.6 Å². The molecule has 114 valence electrons. The third kappa shape index (κ3) is 5.40. The van der Waals surface area contributed by atoms with Gasteiger partial charge >= 0.3 is 5.97 Å². The van der Waals surface area contributed by atoms with E-state index < -0.39 is 0 Å². The number of nitrogens with zero attached hydrogens (tertiary/aromatic N) is 1. The van der Waals surface area contributed by atoms with E-state index in [0.717, 1.165) is 31.2 Å². The molecule has 0 bridgehead atoms. The second-order valence-corrected chi connectivity index (χ2v) is 6.10. The Bertz CT molecular complexity index is 532. The van der Waals surface area contributed by atoms with Gasteiger partial charge in [0.1, 0.15) is 0 Å². The number of nitriles is 1. The predicted molar refractivity (Wildman–Crippen MR) is 84.4 cm³/mol. The molecule has 0 aliphatic heterocycles. The lowest BCUT2D eigenvalue weighted by molar-refractivity contribution is 0.0525. The van der Waals surface area contributed by atoms with E-state index >= 15 is 0 Å². The Kier molecular flexibility index (Phi) is 6.71. The molecule has 4 heteroatoms. The summed E-state index contributed by atoms with van der Waals surface area (Å²) in [6.07, 6.45) is 3.37. The normalized spacial score (nSPS) is 11.0. The minimum absolute atomic E-state index is 0.301. The average Bonchev–Trinajstić information content (AvgIpc) is 2.45. The fourth-order valence-electron chi connectivity index (χ4n) is 2.14. The molecule has 0 heterocycles. The van der Waals surface area contributed by atoms with Crippen molar-refractivity contribution >= 4 is 17.6 Å². The minimum Gasteiger partial charge on any atom is -0.462 e. The molecule has 0 N–H and O–H groups in total. The van der Waals surface area contributed by atoms with Crippen molar-refractivity contribution in [3.63, 3.8) is 0 Å². The van der Waals surface area contributed by atoms with E-state index in [0.29, 0.717) is 17.2 Å². The van der Waals surface area contributed by atoms with Crippen LogP contribution in [0.2, 0.25) is 5.02 Å². The van der Waals surface area contributed by atoms with Crippen LogP contribution in [-0.4, -0.2) is 12.6 Å². The summed E-state index contributed by atoms with van der Waals surface area (Å²) in [5.41, 5.74) is 1.08. The molecular formula is C17H22ClNO2. The molecule has 0 aromatic heterocycles. The first-order valence-electron chi connectivity index (χ1n) is 7.27. The SMILES string of the molecule is CCOC(=O)c1cccc(Cl)c1CCCCC(C)(C)C#N. The van der Waals surface area contributed by atoms with Crippen molar-refractivity contribution in [1.82, 2.24) is 0 Å². The van der Waals surface area contributed by atoms with Gasteiger partial charge < -0.3 is 4.74 Å². The standard InChI is InChI=1S/C17H22ClNO2/c1-4-21-16(20)14-9-7-10-15(18)13(14)8-5-6-11-17(2,3)12-19/h7,9-10H,4-6,8,11H2,1-3H3. The summed E-state index contributed by atoms with van der Waals surface area (Å²) < 4.78 is 5.06. The molecule has 0 aliphatic carbocycles. The Labute approximate surface area is 131 Å². The van der Waals surface area contributed by atoms with Crippen LogP contribution in [0, 0.1) is 16.7 Å². The average molecular weight is 308 g/mol. The predicted octanol–water partition coefficient (Wildman–Crippen LogP) is 4.78. The van der Waals surface area contributed by atoms with Gasteiger partial charge in [-0.3, -0.25) is 0 Å². The third-order valence-corrected chi connectivity index (χ3v) is 3.75. The van der Waals surface area contributed by atoms with Crippen molar-refractivity contribution in [2.45, 2.75) is 46.5 Å². The first kappa shape index (κ1) is 17.5. The second kappa shape index (κ2) is 8.05. The zero-order valence-electron chi connectivity index (χ0n) is 12.9. The smallest absolute Gasteiger partial charge is 0.338 e. The van der Waals surface area contributed by atoms with Crippen molar-refractivity contribution in [3.8, 4) is 6.07 Å². The Morgan fingerprint density at radius 1 is 1.38 bits per heavy atom. The Morgan fingerprint density at radius 2 is 2.10 bits per heavy atom. The Morgan fingerprint density at radius 3 is 2.71 bits per heavy atom. The molecule has 0 spiro atoms. The summed E-state index contributed by atoms with van der Waals surface area (Å²) in [4.78, 5) is 11.9. The molecule has 3 nitrogen and oxygen atoms in total. The molecule has 0 unspecified atom stereocenters. The van der Waals surface area contributed by atoms with Gasteiger partial charge in [0.2, 0.25) is 0 Å². The van der Waals surface area contributed by atoms with Crippen molar-refractivity contribution in [2.75, 3.05) is 6.61 Å². The molecule has 0 radical (unpaired) electrons. The van der Waals surface area contributed by atoms with Gasteiger partial charge in [-0.25, -0.2) is 4.79 Å². The monoisotopic (exact) mass is 307 g/mol. The van der Waals surface area contributed by atoms with Crippen molar-refractivity contribution < 1.29 is 9.53 Å². The van der Waals surface area contributed by atoms with E-state index in [1.807, 2.05) is 13.8 Å². The summed E-state index contributed by atoms with van der Waals surface area (Å²) in [6.45, 7) is 6.01. The molecule has 0 amide bonds. The van der Waals surface area contributed by atoms with Crippen LogP contribution in [0.3, 0.4) is 0 Å². The topological polar surface area (TPSA) is 50.1 Å². The number of carbonyl (C=O) groups excluding carboxylic acids is 1. The first-order chi connectivity index (χ1) is 9.91. The number of rotatable bonds is 7. The highest BCUT2D eigenvalue weighted by molar-refractivity contribution is 6.31. The fourth-order valence-corrected chi connectivity index (χ4v) is 2.41. The lowest BCUT2D eigenvalue weighted by Gasteiger charge is -2.15. The minimum atomic E-state index is -0.327.